The van der Waals surface area contributed by atoms with Gasteiger partial charge in [-0.05, 0) is 0 Å². The average molecular weight is 811 g/mol. The summed E-state index contributed by atoms with van der Waals surface area (Å²) in [5.41, 5.74) is 0. The van der Waals surface area contributed by atoms with Gasteiger partial charge in [0.1, 0.15) is 110 Å². The fourth-order valence-corrected chi connectivity index (χ4v) is 6.91. The van der Waals surface area contributed by atoms with Crippen molar-refractivity contribution in [3.05, 3.63) is 0 Å². The van der Waals surface area contributed by atoms with Gasteiger partial charge < -0.3 is 124 Å². The van der Waals surface area contributed by atoms with E-state index in [4.69, 9.17) is 52.1 Å². The summed E-state index contributed by atoms with van der Waals surface area (Å²) in [6.07, 6.45) is -39.2. The van der Waals surface area contributed by atoms with E-state index >= 15 is 0 Å². The molecular formula is C30H50O25. The third kappa shape index (κ3) is 9.11. The Bertz CT molecular complexity index is 1210. The molecule has 0 aromatic heterocycles. The molecule has 0 saturated carbocycles. The van der Waals surface area contributed by atoms with Crippen LogP contribution in [0.1, 0.15) is 0 Å². The first-order valence-electron chi connectivity index (χ1n) is 17.6. The molecule has 55 heavy (non-hydrogen) atoms. The lowest BCUT2D eigenvalue weighted by Crippen LogP contribution is -2.64. The third-order valence-electron chi connectivity index (χ3n) is 10.2. The Morgan fingerprint density at radius 2 is 0.764 bits per heavy atom. The minimum absolute atomic E-state index is 0.447. The fraction of sp³-hybridized carbons (Fsp3) is 1.00. The lowest BCUT2D eigenvalue weighted by atomic mass is 10.0. The molecule has 320 valence electrons. The van der Waals surface area contributed by atoms with Crippen LogP contribution >= 0.6 is 0 Å². The second kappa shape index (κ2) is 18.5. The van der Waals surface area contributed by atoms with Gasteiger partial charge in [0, 0.05) is 0 Å². The highest BCUT2D eigenvalue weighted by Gasteiger charge is 2.54. The van der Waals surface area contributed by atoms with Gasteiger partial charge in [0.2, 0.25) is 0 Å². The molecule has 0 aromatic carbocycles. The Morgan fingerprint density at radius 1 is 0.364 bits per heavy atom. The smallest absolute Gasteiger partial charge is 0.187 e. The van der Waals surface area contributed by atoms with Crippen molar-refractivity contribution in [2.75, 3.05) is 39.6 Å². The van der Waals surface area contributed by atoms with Gasteiger partial charge in [0.25, 0.3) is 0 Å². The van der Waals surface area contributed by atoms with Crippen molar-refractivity contribution in [1.29, 1.82) is 0 Å². The molecule has 6 aliphatic rings. The number of hydrogen-bond donors (Lipinski definition) is 14. The summed E-state index contributed by atoms with van der Waals surface area (Å²) in [7, 11) is 0. The second-order valence-electron chi connectivity index (χ2n) is 14.0. The monoisotopic (exact) mass is 810 g/mol. The van der Waals surface area contributed by atoms with Crippen LogP contribution < -0.4 is 0 Å². The maximum atomic E-state index is 11.6. The van der Waals surface area contributed by atoms with Crippen LogP contribution in [0.25, 0.3) is 0 Å². The van der Waals surface area contributed by atoms with E-state index in [1.165, 1.54) is 0 Å². The number of rotatable bonds is 12. The van der Waals surface area contributed by atoms with E-state index in [1.807, 2.05) is 0 Å². The minimum atomic E-state index is -1.93. The highest BCUT2D eigenvalue weighted by Crippen LogP contribution is 2.34. The molecule has 6 rings (SSSR count). The number of aliphatic hydroxyl groups excluding tert-OH is 14. The van der Waals surface area contributed by atoms with Crippen molar-refractivity contribution in [3.63, 3.8) is 0 Å². The first kappa shape index (κ1) is 43.6. The molecule has 6 saturated heterocycles. The van der Waals surface area contributed by atoms with Crippen molar-refractivity contribution in [2.24, 2.45) is 0 Å². The highest BCUT2D eigenvalue weighted by molar-refractivity contribution is 4.96. The van der Waals surface area contributed by atoms with Gasteiger partial charge in [-0.25, -0.2) is 0 Å². The van der Waals surface area contributed by atoms with Gasteiger partial charge in [-0.1, -0.05) is 0 Å². The molecule has 6 aliphatic heterocycles. The molecule has 6 fully saturated rings. The Hall–Kier alpha value is -1.00. The van der Waals surface area contributed by atoms with E-state index < -0.39 is 187 Å². The Morgan fingerprint density at radius 3 is 1.22 bits per heavy atom. The molecule has 0 amide bonds. The highest BCUT2D eigenvalue weighted by atomic mass is 16.8. The predicted octanol–water partition coefficient (Wildman–Crippen LogP) is -10.3. The van der Waals surface area contributed by atoms with Crippen molar-refractivity contribution >= 4 is 0 Å². The number of hydrogen-bond acceptors (Lipinski definition) is 25. The molecule has 0 radical (unpaired) electrons. The molecule has 0 aliphatic carbocycles. The lowest BCUT2D eigenvalue weighted by molar-refractivity contribution is -0.376. The van der Waals surface area contributed by atoms with Gasteiger partial charge in [0.15, 0.2) is 37.7 Å². The molecule has 25 heteroatoms. The van der Waals surface area contributed by atoms with Crippen LogP contribution in [0, 0.1) is 0 Å². The SMILES string of the molecule is OC[C@@H]1O[C@@H](O[C@@H]2[C@@H](O)[C@H](O[C@@H]3CO[C@@H](O[C@@H]4CO[C@@H](O)[C@H](O)[C@H]4O)[C@H](O)[C@H]3O[C@@H]3O[C@@H](CO)[C@H](O)[C@H]3O)OC[C@H]2O[C@@H]2OC[C@@H](O)[C@H](O)[C@H]2O)[C@H](O)[C@H]1O. The summed E-state index contributed by atoms with van der Waals surface area (Å²) in [5.74, 6) is 0. The summed E-state index contributed by atoms with van der Waals surface area (Å²) in [6, 6.07) is 0. The molecule has 24 atom stereocenters. The van der Waals surface area contributed by atoms with Crippen LogP contribution in [0.2, 0.25) is 0 Å². The molecule has 6 heterocycles. The summed E-state index contributed by atoms with van der Waals surface area (Å²) in [6.45, 7) is -3.43. The summed E-state index contributed by atoms with van der Waals surface area (Å²) < 4.78 is 61.6. The first-order chi connectivity index (χ1) is 26.1. The van der Waals surface area contributed by atoms with E-state index in [0.717, 1.165) is 0 Å². The van der Waals surface area contributed by atoms with Crippen LogP contribution in [-0.4, -0.2) is 259 Å². The summed E-state index contributed by atoms with van der Waals surface area (Å²) >= 11 is 0. The Balaban J connectivity index is 1.20. The molecule has 0 aromatic rings. The van der Waals surface area contributed by atoms with Gasteiger partial charge in [0.05, 0.1) is 39.6 Å². The number of ether oxygens (including phenoxy) is 11. The van der Waals surface area contributed by atoms with Gasteiger partial charge >= 0.3 is 0 Å². The second-order valence-corrected chi connectivity index (χ2v) is 14.0. The molecular weight excluding hydrogens is 760 g/mol. The van der Waals surface area contributed by atoms with Gasteiger partial charge in [-0.3, -0.25) is 0 Å². The van der Waals surface area contributed by atoms with E-state index in [1.54, 1.807) is 0 Å². The fourth-order valence-electron chi connectivity index (χ4n) is 6.91. The van der Waals surface area contributed by atoms with Crippen LogP contribution in [0.15, 0.2) is 0 Å². The summed E-state index contributed by atoms with van der Waals surface area (Å²) in [5, 5.41) is 145. The number of aliphatic hydroxyl groups is 14. The zero-order valence-electron chi connectivity index (χ0n) is 28.9. The maximum Gasteiger partial charge on any atom is 0.187 e. The van der Waals surface area contributed by atoms with E-state index in [-0.39, 0.29) is 0 Å². The van der Waals surface area contributed by atoms with Crippen LogP contribution in [0.5, 0.6) is 0 Å². The van der Waals surface area contributed by atoms with E-state index in [9.17, 15) is 71.5 Å². The molecule has 0 spiro atoms. The minimum Gasteiger partial charge on any atom is -0.394 e. The summed E-state index contributed by atoms with van der Waals surface area (Å²) in [4.78, 5) is 0. The van der Waals surface area contributed by atoms with Crippen molar-refractivity contribution < 1.29 is 124 Å². The average Bonchev–Trinajstić information content (AvgIpc) is 3.60. The lowest BCUT2D eigenvalue weighted by Gasteiger charge is -2.46. The van der Waals surface area contributed by atoms with E-state index in [2.05, 4.69) is 0 Å². The zero-order valence-corrected chi connectivity index (χ0v) is 28.9. The topological polar surface area (TPSA) is 385 Å². The Kier molecular flexibility index (Phi) is 14.7. The quantitative estimate of drug-likeness (QED) is 0.0870. The normalized spacial score (nSPS) is 53.8. The van der Waals surface area contributed by atoms with Crippen molar-refractivity contribution in [1.82, 2.24) is 0 Å². The van der Waals surface area contributed by atoms with Gasteiger partial charge in [-0.2, -0.15) is 0 Å². The molecule has 0 unspecified atom stereocenters. The van der Waals surface area contributed by atoms with E-state index in [0.29, 0.717) is 0 Å². The Labute approximate surface area is 311 Å². The molecule has 14 N–H and O–H groups in total. The first-order valence-corrected chi connectivity index (χ1v) is 17.6. The van der Waals surface area contributed by atoms with Crippen LogP contribution in [0.3, 0.4) is 0 Å². The van der Waals surface area contributed by atoms with Crippen molar-refractivity contribution in [3.8, 4) is 0 Å². The van der Waals surface area contributed by atoms with Crippen LogP contribution in [0.4, 0.5) is 0 Å². The standard InChI is InChI=1S/C30H50O25/c31-1-8-14(35)19(40)29(49-8)54-23-11(52-26-18(39)13(34)7(33)3-46-26)5-48-28(22(23)43)53-12-6-47-27(51-10-4-45-25(44)17(38)16(10)37)21(42)24(12)55-30-20(41)15(36)9(2-32)50-30/h7-44H,1-6H2/t7-,8+,9+,10-,11-,12-,13+,14+,15+,16+,17-,18-,19-,20-,21-,22-,23+,24+,25-,26+,27+,28+,29+,30+/m1/s1. The molecule has 25 nitrogen and oxygen atoms in total. The molecule has 0 bridgehead atoms. The van der Waals surface area contributed by atoms with Crippen LogP contribution in [-0.2, 0) is 52.1 Å². The maximum absolute atomic E-state index is 11.6. The zero-order chi connectivity index (χ0) is 39.9. The third-order valence-corrected chi connectivity index (χ3v) is 10.2. The predicted molar refractivity (Wildman–Crippen MR) is 163 cm³/mol. The van der Waals surface area contributed by atoms with Gasteiger partial charge in [-0.15, -0.1) is 0 Å². The largest absolute Gasteiger partial charge is 0.394 e. The van der Waals surface area contributed by atoms with Crippen molar-refractivity contribution in [2.45, 2.75) is 148 Å².